The van der Waals surface area contributed by atoms with E-state index in [2.05, 4.69) is 10.6 Å². The van der Waals surface area contributed by atoms with Gasteiger partial charge in [-0.3, -0.25) is 9.59 Å². The Hall–Kier alpha value is -3.74. The highest BCUT2D eigenvalue weighted by atomic mass is 16.5. The third kappa shape index (κ3) is 5.16. The van der Waals surface area contributed by atoms with Crippen LogP contribution in [-0.2, 0) is 4.79 Å². The highest BCUT2D eigenvalue weighted by molar-refractivity contribution is 5.94. The van der Waals surface area contributed by atoms with Gasteiger partial charge in [-0.05, 0) is 48.0 Å². The molecule has 7 heteroatoms. The zero-order valence-corrected chi connectivity index (χ0v) is 16.2. The smallest absolute Gasteiger partial charge is 0.286 e. The Morgan fingerprint density at radius 2 is 1.79 bits per heavy atom. The summed E-state index contributed by atoms with van der Waals surface area (Å²) in [5.41, 5.74) is 2.42. The number of methoxy groups -OCH3 is 2. The van der Waals surface area contributed by atoms with Gasteiger partial charge in [-0.1, -0.05) is 12.1 Å². The lowest BCUT2D eigenvalue weighted by atomic mass is 10.0. The Balaban J connectivity index is 1.62. The number of anilines is 1. The molecule has 7 nitrogen and oxygen atoms in total. The maximum absolute atomic E-state index is 12.2. The van der Waals surface area contributed by atoms with Crippen LogP contribution in [0.5, 0.6) is 11.5 Å². The van der Waals surface area contributed by atoms with Gasteiger partial charge in [0, 0.05) is 24.2 Å². The molecule has 2 aromatic carbocycles. The summed E-state index contributed by atoms with van der Waals surface area (Å²) in [5.74, 6) is 1.10. The summed E-state index contributed by atoms with van der Waals surface area (Å²) < 4.78 is 15.6. The van der Waals surface area contributed by atoms with Crippen molar-refractivity contribution < 1.29 is 23.5 Å². The summed E-state index contributed by atoms with van der Waals surface area (Å²) in [6.07, 6.45) is 1.56. The molecule has 150 valence electrons. The molecule has 3 aromatic rings. The predicted octanol–water partition coefficient (Wildman–Crippen LogP) is 3.72. The Bertz CT molecular complexity index is 965. The normalized spacial score (nSPS) is 10.3. The Morgan fingerprint density at radius 1 is 1.00 bits per heavy atom. The van der Waals surface area contributed by atoms with Crippen molar-refractivity contribution in [3.05, 3.63) is 66.6 Å². The largest absolute Gasteiger partial charge is 0.497 e. The molecule has 0 aliphatic heterocycles. The highest BCUT2D eigenvalue weighted by Crippen LogP contribution is 2.33. The van der Waals surface area contributed by atoms with Gasteiger partial charge in [-0.25, -0.2) is 0 Å². The van der Waals surface area contributed by atoms with Gasteiger partial charge < -0.3 is 24.5 Å². The molecule has 0 fully saturated rings. The molecular weight excluding hydrogens is 372 g/mol. The zero-order valence-electron chi connectivity index (χ0n) is 16.2. The number of amides is 2. The number of rotatable bonds is 8. The molecule has 0 unspecified atom stereocenters. The lowest BCUT2D eigenvalue weighted by Crippen LogP contribution is -2.27. The maximum Gasteiger partial charge on any atom is 0.286 e. The van der Waals surface area contributed by atoms with Crippen LogP contribution >= 0.6 is 0 Å². The second-order valence-electron chi connectivity index (χ2n) is 6.17. The summed E-state index contributed by atoms with van der Waals surface area (Å²) in [6, 6.07) is 16.2. The minimum atomic E-state index is -0.353. The van der Waals surface area contributed by atoms with E-state index < -0.39 is 0 Å². The maximum atomic E-state index is 12.2. The van der Waals surface area contributed by atoms with Crippen molar-refractivity contribution in [1.29, 1.82) is 0 Å². The first-order valence-electron chi connectivity index (χ1n) is 9.04. The van der Waals surface area contributed by atoms with E-state index in [0.29, 0.717) is 11.4 Å². The molecular formula is C22H22N2O5. The summed E-state index contributed by atoms with van der Waals surface area (Å²) in [5, 5.41) is 5.48. The van der Waals surface area contributed by atoms with E-state index in [1.54, 1.807) is 38.5 Å². The molecule has 1 aromatic heterocycles. The van der Waals surface area contributed by atoms with Crippen molar-refractivity contribution >= 4 is 17.5 Å². The van der Waals surface area contributed by atoms with Crippen LogP contribution in [0.1, 0.15) is 17.0 Å². The van der Waals surface area contributed by atoms with Gasteiger partial charge in [0.2, 0.25) is 5.91 Å². The van der Waals surface area contributed by atoms with Crippen LogP contribution in [0.3, 0.4) is 0 Å². The average molecular weight is 394 g/mol. The van der Waals surface area contributed by atoms with Gasteiger partial charge in [0.1, 0.15) is 11.5 Å². The quantitative estimate of drug-likeness (QED) is 0.608. The van der Waals surface area contributed by atoms with E-state index in [1.807, 2.05) is 30.3 Å². The monoisotopic (exact) mass is 394 g/mol. The number of hydrogen-bond acceptors (Lipinski definition) is 5. The molecule has 0 aliphatic rings. The van der Waals surface area contributed by atoms with Gasteiger partial charge in [0.05, 0.1) is 20.5 Å². The van der Waals surface area contributed by atoms with E-state index in [-0.39, 0.29) is 30.5 Å². The van der Waals surface area contributed by atoms with Crippen LogP contribution in [-0.4, -0.2) is 32.6 Å². The van der Waals surface area contributed by atoms with Crippen LogP contribution in [0, 0.1) is 0 Å². The van der Waals surface area contributed by atoms with Crippen LogP contribution in [0.25, 0.3) is 11.1 Å². The van der Waals surface area contributed by atoms with Gasteiger partial charge in [0.15, 0.2) is 5.76 Å². The van der Waals surface area contributed by atoms with Crippen molar-refractivity contribution in [3.63, 3.8) is 0 Å². The van der Waals surface area contributed by atoms with Crippen molar-refractivity contribution in [2.75, 3.05) is 26.1 Å². The van der Waals surface area contributed by atoms with E-state index in [0.717, 1.165) is 16.9 Å². The number of hydrogen-bond donors (Lipinski definition) is 2. The van der Waals surface area contributed by atoms with Crippen LogP contribution < -0.4 is 20.1 Å². The van der Waals surface area contributed by atoms with Crippen LogP contribution in [0.2, 0.25) is 0 Å². The molecule has 2 amide bonds. The number of ether oxygens (including phenoxy) is 2. The summed E-state index contributed by atoms with van der Waals surface area (Å²) in [7, 11) is 3.21. The SMILES string of the molecule is COc1ccc(-c2cc(NC(=O)CCNC(=O)c3ccco3)ccc2OC)cc1. The fourth-order valence-corrected chi connectivity index (χ4v) is 2.79. The molecule has 0 spiro atoms. The first-order valence-corrected chi connectivity index (χ1v) is 9.04. The number of carbonyl (C=O) groups excluding carboxylic acids is 2. The van der Waals surface area contributed by atoms with Crippen molar-refractivity contribution in [2.24, 2.45) is 0 Å². The molecule has 2 N–H and O–H groups in total. The lowest BCUT2D eigenvalue weighted by Gasteiger charge is -2.12. The van der Waals surface area contributed by atoms with E-state index in [1.165, 1.54) is 6.26 Å². The summed E-state index contributed by atoms with van der Waals surface area (Å²) in [6.45, 7) is 0.201. The molecule has 0 radical (unpaired) electrons. The molecule has 0 aliphatic carbocycles. The van der Waals surface area contributed by atoms with Gasteiger partial charge in [0.25, 0.3) is 5.91 Å². The van der Waals surface area contributed by atoms with E-state index in [9.17, 15) is 9.59 Å². The van der Waals surface area contributed by atoms with E-state index >= 15 is 0 Å². The molecule has 0 bridgehead atoms. The number of furan rings is 1. The zero-order chi connectivity index (χ0) is 20.6. The minimum Gasteiger partial charge on any atom is -0.497 e. The van der Waals surface area contributed by atoms with Gasteiger partial charge >= 0.3 is 0 Å². The first kappa shape index (κ1) is 20.0. The molecule has 0 atom stereocenters. The van der Waals surface area contributed by atoms with Crippen molar-refractivity contribution in [2.45, 2.75) is 6.42 Å². The number of carbonyl (C=O) groups is 2. The third-order valence-corrected chi connectivity index (χ3v) is 4.27. The fourth-order valence-electron chi connectivity index (χ4n) is 2.79. The first-order chi connectivity index (χ1) is 14.1. The average Bonchev–Trinajstić information content (AvgIpc) is 3.29. The predicted molar refractivity (Wildman–Crippen MR) is 109 cm³/mol. The molecule has 0 saturated heterocycles. The van der Waals surface area contributed by atoms with Crippen molar-refractivity contribution in [3.8, 4) is 22.6 Å². The number of nitrogens with one attached hydrogen (secondary N) is 2. The fraction of sp³-hybridized carbons (Fsp3) is 0.182. The Labute approximate surface area is 168 Å². The van der Waals surface area contributed by atoms with Crippen molar-refractivity contribution in [1.82, 2.24) is 5.32 Å². The number of benzene rings is 2. The van der Waals surface area contributed by atoms with Gasteiger partial charge in [-0.2, -0.15) is 0 Å². The Kier molecular flexibility index (Phi) is 6.52. The second kappa shape index (κ2) is 9.45. The third-order valence-electron chi connectivity index (χ3n) is 4.27. The highest BCUT2D eigenvalue weighted by Gasteiger charge is 2.11. The van der Waals surface area contributed by atoms with Crippen LogP contribution in [0.4, 0.5) is 5.69 Å². The van der Waals surface area contributed by atoms with E-state index in [4.69, 9.17) is 13.9 Å². The summed E-state index contributed by atoms with van der Waals surface area (Å²) in [4.78, 5) is 24.0. The molecule has 1 heterocycles. The molecule has 0 saturated carbocycles. The second-order valence-corrected chi connectivity index (χ2v) is 6.17. The standard InChI is InChI=1S/C22H22N2O5/c1-27-17-8-5-15(6-9-17)18-14-16(7-10-19(18)28-2)24-21(25)11-12-23-22(26)20-4-3-13-29-20/h3-10,13-14H,11-12H2,1-2H3,(H,23,26)(H,24,25). The summed E-state index contributed by atoms with van der Waals surface area (Å²) >= 11 is 0. The topological polar surface area (TPSA) is 89.8 Å². The molecule has 29 heavy (non-hydrogen) atoms. The Morgan fingerprint density at radius 3 is 2.45 bits per heavy atom. The molecule has 3 rings (SSSR count). The van der Waals surface area contributed by atoms with Gasteiger partial charge in [-0.15, -0.1) is 0 Å². The van der Waals surface area contributed by atoms with Crippen LogP contribution in [0.15, 0.2) is 65.3 Å². The minimum absolute atomic E-state index is 0.135. The lowest BCUT2D eigenvalue weighted by molar-refractivity contribution is -0.116.